The van der Waals surface area contributed by atoms with Gasteiger partial charge in [0, 0.05) is 29.9 Å². The van der Waals surface area contributed by atoms with Crippen molar-refractivity contribution in [2.45, 2.75) is 24.9 Å². The molecule has 0 aliphatic carbocycles. The average molecular weight is 303 g/mol. The van der Waals surface area contributed by atoms with Gasteiger partial charge >= 0.3 is 0 Å². The Morgan fingerprint density at radius 2 is 2.24 bits per heavy atom. The van der Waals surface area contributed by atoms with E-state index in [0.717, 1.165) is 6.54 Å². The molecule has 114 valence electrons. The third-order valence-corrected chi connectivity index (χ3v) is 5.74. The van der Waals surface area contributed by atoms with E-state index in [9.17, 15) is 0 Å². The van der Waals surface area contributed by atoms with E-state index in [4.69, 9.17) is 5.73 Å². The molecule has 1 aromatic carbocycles. The Labute approximate surface area is 131 Å². The number of benzene rings is 1. The lowest BCUT2D eigenvalue weighted by atomic mass is 9.99. The van der Waals surface area contributed by atoms with E-state index in [2.05, 4.69) is 53.5 Å². The third kappa shape index (κ3) is 2.99. The number of likely N-dealkylation sites (N-methyl/N-ethyl adjacent to an activating group) is 2. The molecule has 1 aliphatic heterocycles. The van der Waals surface area contributed by atoms with E-state index < -0.39 is 0 Å². The quantitative estimate of drug-likeness (QED) is 0.942. The van der Waals surface area contributed by atoms with Gasteiger partial charge < -0.3 is 10.6 Å². The van der Waals surface area contributed by atoms with Gasteiger partial charge in [-0.25, -0.2) is 0 Å². The maximum atomic E-state index is 6.15. The highest BCUT2D eigenvalue weighted by Gasteiger charge is 2.27. The lowest BCUT2D eigenvalue weighted by molar-refractivity contribution is 0.102. The number of likely N-dealkylation sites (tertiary alicyclic amines) is 1. The average Bonchev–Trinajstić information content (AvgIpc) is 2.92. The predicted molar refractivity (Wildman–Crippen MR) is 91.9 cm³/mol. The van der Waals surface area contributed by atoms with Crippen molar-refractivity contribution >= 4 is 21.4 Å². The van der Waals surface area contributed by atoms with Crippen molar-refractivity contribution in [1.82, 2.24) is 9.80 Å². The van der Waals surface area contributed by atoms with Gasteiger partial charge in [0.05, 0.1) is 0 Å². The first kappa shape index (κ1) is 15.0. The summed E-state index contributed by atoms with van der Waals surface area (Å²) in [6, 6.07) is 9.59. The molecule has 0 spiro atoms. The molecule has 1 fully saturated rings. The van der Waals surface area contributed by atoms with Crippen LogP contribution in [0.2, 0.25) is 0 Å². The molecule has 1 saturated heterocycles. The lowest BCUT2D eigenvalue weighted by Crippen LogP contribution is -2.47. The largest absolute Gasteiger partial charge is 0.329 e. The lowest BCUT2D eigenvalue weighted by Gasteiger charge is -2.39. The number of nitrogens with two attached hydrogens (primary N) is 1. The second-order valence-corrected chi connectivity index (χ2v) is 7.07. The molecule has 2 heterocycles. The Hall–Kier alpha value is -0.940. The van der Waals surface area contributed by atoms with Crippen LogP contribution in [0.5, 0.6) is 0 Å². The first-order chi connectivity index (χ1) is 10.2. The van der Waals surface area contributed by atoms with Gasteiger partial charge in [-0.15, -0.1) is 11.3 Å². The van der Waals surface area contributed by atoms with Crippen LogP contribution in [0.15, 0.2) is 29.6 Å². The number of hydrogen-bond acceptors (Lipinski definition) is 4. The van der Waals surface area contributed by atoms with Gasteiger partial charge in [0.15, 0.2) is 0 Å². The summed E-state index contributed by atoms with van der Waals surface area (Å²) in [5, 5.41) is 3.67. The maximum absolute atomic E-state index is 6.15. The maximum Gasteiger partial charge on any atom is 0.0485 e. The molecule has 1 aliphatic rings. The predicted octanol–water partition coefficient (Wildman–Crippen LogP) is 2.93. The van der Waals surface area contributed by atoms with Gasteiger partial charge in [-0.3, -0.25) is 4.90 Å². The molecule has 2 atom stereocenters. The van der Waals surface area contributed by atoms with Crippen molar-refractivity contribution in [3.63, 3.8) is 0 Å². The number of rotatable bonds is 4. The molecule has 0 bridgehead atoms. The van der Waals surface area contributed by atoms with Crippen molar-refractivity contribution < 1.29 is 0 Å². The minimum Gasteiger partial charge on any atom is -0.329 e. The fourth-order valence-corrected chi connectivity index (χ4v) is 4.50. The minimum atomic E-state index is 0.317. The molecule has 2 N–H and O–H groups in total. The second-order valence-electron chi connectivity index (χ2n) is 6.16. The monoisotopic (exact) mass is 303 g/mol. The molecule has 4 heteroatoms. The number of thiophene rings is 1. The first-order valence-electron chi connectivity index (χ1n) is 7.77. The van der Waals surface area contributed by atoms with Gasteiger partial charge in [-0.05, 0) is 55.9 Å². The van der Waals surface area contributed by atoms with Gasteiger partial charge in [-0.1, -0.05) is 18.2 Å². The second kappa shape index (κ2) is 6.44. The van der Waals surface area contributed by atoms with Gasteiger partial charge in [0.2, 0.25) is 0 Å². The number of nitrogens with zero attached hydrogens (tertiary/aromatic N) is 2. The Balaban J connectivity index is 1.87. The Morgan fingerprint density at radius 3 is 3.00 bits per heavy atom. The topological polar surface area (TPSA) is 32.5 Å². The Morgan fingerprint density at radius 1 is 1.43 bits per heavy atom. The molecule has 1 aromatic heterocycles. The fourth-order valence-electron chi connectivity index (χ4n) is 3.50. The first-order valence-corrected chi connectivity index (χ1v) is 8.65. The molecule has 0 saturated carbocycles. The van der Waals surface area contributed by atoms with E-state index in [1.165, 1.54) is 35.0 Å². The highest BCUT2D eigenvalue weighted by molar-refractivity contribution is 7.17. The van der Waals surface area contributed by atoms with Gasteiger partial charge in [0.25, 0.3) is 0 Å². The van der Waals surface area contributed by atoms with Crippen LogP contribution in [0, 0.1) is 0 Å². The smallest absolute Gasteiger partial charge is 0.0485 e. The molecule has 2 aromatic rings. The summed E-state index contributed by atoms with van der Waals surface area (Å²) in [7, 11) is 4.46. The Kier molecular flexibility index (Phi) is 4.60. The van der Waals surface area contributed by atoms with E-state index in [0.29, 0.717) is 18.6 Å². The third-order valence-electron chi connectivity index (χ3n) is 4.76. The van der Waals surface area contributed by atoms with Gasteiger partial charge in [-0.2, -0.15) is 0 Å². The molecular weight excluding hydrogens is 278 g/mol. The van der Waals surface area contributed by atoms with Crippen LogP contribution in [-0.2, 0) is 0 Å². The fraction of sp³-hybridized carbons (Fsp3) is 0.529. The van der Waals surface area contributed by atoms with Crippen molar-refractivity contribution in [1.29, 1.82) is 0 Å². The summed E-state index contributed by atoms with van der Waals surface area (Å²) in [4.78, 5) is 4.94. The summed E-state index contributed by atoms with van der Waals surface area (Å²) < 4.78 is 1.36. The van der Waals surface area contributed by atoms with Crippen LogP contribution < -0.4 is 5.73 Å². The van der Waals surface area contributed by atoms with Crippen LogP contribution in [0.1, 0.15) is 24.4 Å². The Bertz CT molecular complexity index is 594. The summed E-state index contributed by atoms with van der Waals surface area (Å²) >= 11 is 1.83. The van der Waals surface area contributed by atoms with Crippen LogP contribution in [0.25, 0.3) is 10.1 Å². The summed E-state index contributed by atoms with van der Waals surface area (Å²) in [6.07, 6.45) is 2.56. The number of piperidine rings is 1. The standard InChI is InChI=1S/C17H25N3S/c1-19-9-5-6-13(11-19)20(2)16(10-18)15-12-21-17-8-4-3-7-14(15)17/h3-4,7-8,12-13,16H,5-6,9-11,18H2,1-2H3. The molecular formula is C17H25N3S. The van der Waals surface area contributed by atoms with Crippen LogP contribution in [-0.4, -0.2) is 49.6 Å². The number of fused-ring (bicyclic) bond motifs is 1. The zero-order valence-electron chi connectivity index (χ0n) is 13.0. The highest BCUT2D eigenvalue weighted by atomic mass is 32.1. The minimum absolute atomic E-state index is 0.317. The molecule has 0 radical (unpaired) electrons. The summed E-state index contributed by atoms with van der Waals surface area (Å²) in [6.45, 7) is 3.05. The van der Waals surface area contributed by atoms with Crippen molar-refractivity contribution in [3.8, 4) is 0 Å². The van der Waals surface area contributed by atoms with E-state index in [-0.39, 0.29) is 0 Å². The summed E-state index contributed by atoms with van der Waals surface area (Å²) in [5.74, 6) is 0. The van der Waals surface area contributed by atoms with E-state index in [1.54, 1.807) is 0 Å². The van der Waals surface area contributed by atoms with E-state index >= 15 is 0 Å². The molecule has 2 unspecified atom stereocenters. The van der Waals surface area contributed by atoms with Crippen LogP contribution in [0.4, 0.5) is 0 Å². The molecule has 21 heavy (non-hydrogen) atoms. The van der Waals surface area contributed by atoms with E-state index in [1.807, 2.05) is 11.3 Å². The number of hydrogen-bond donors (Lipinski definition) is 1. The zero-order chi connectivity index (χ0) is 14.8. The highest BCUT2D eigenvalue weighted by Crippen LogP contribution is 2.33. The van der Waals surface area contributed by atoms with Crippen molar-refractivity contribution in [2.24, 2.45) is 5.73 Å². The molecule has 3 nitrogen and oxygen atoms in total. The summed E-state index contributed by atoms with van der Waals surface area (Å²) in [5.41, 5.74) is 7.54. The van der Waals surface area contributed by atoms with Crippen molar-refractivity contribution in [2.75, 3.05) is 33.7 Å². The van der Waals surface area contributed by atoms with Gasteiger partial charge in [0.1, 0.15) is 0 Å². The van der Waals surface area contributed by atoms with Crippen LogP contribution in [0.3, 0.4) is 0 Å². The molecule has 0 amide bonds. The van der Waals surface area contributed by atoms with Crippen LogP contribution >= 0.6 is 11.3 Å². The molecule has 3 rings (SSSR count). The van der Waals surface area contributed by atoms with Crippen molar-refractivity contribution in [3.05, 3.63) is 35.2 Å². The zero-order valence-corrected chi connectivity index (χ0v) is 13.8. The normalized spacial score (nSPS) is 22.0. The SMILES string of the molecule is CN1CCCC(N(C)C(CN)c2csc3ccccc23)C1.